The summed E-state index contributed by atoms with van der Waals surface area (Å²) in [5, 5.41) is 19.6. The zero-order chi connectivity index (χ0) is 11.7. The molecule has 15 heavy (non-hydrogen) atoms. The molecule has 0 aromatic carbocycles. The van der Waals surface area contributed by atoms with Gasteiger partial charge in [0.1, 0.15) is 0 Å². The van der Waals surface area contributed by atoms with E-state index in [1.54, 1.807) is 0 Å². The highest BCUT2D eigenvalue weighted by atomic mass is 35.5. The number of aliphatic hydroxyl groups excluding tert-OH is 2. The van der Waals surface area contributed by atoms with Crippen LogP contribution in [0.2, 0.25) is 0 Å². The van der Waals surface area contributed by atoms with Gasteiger partial charge in [-0.3, -0.25) is 9.59 Å². The summed E-state index contributed by atoms with van der Waals surface area (Å²) in [6, 6.07) is 0. The Morgan fingerprint density at radius 1 is 1.20 bits per heavy atom. The molecule has 0 spiro atoms. The topological polar surface area (TPSA) is 89.9 Å². The molecular weight excluding hydrogens is 224 g/mol. The molecule has 0 atom stereocenters. The van der Waals surface area contributed by atoms with Gasteiger partial charge in [0.2, 0.25) is 0 Å². The van der Waals surface area contributed by atoms with Gasteiger partial charge in [0.05, 0.1) is 13.2 Å². The number of carbonyl (C=O) groups is 2. The Hall–Kier alpha value is -0.850. The van der Waals surface area contributed by atoms with Crippen LogP contribution in [0.4, 0.5) is 0 Å². The summed E-state index contributed by atoms with van der Waals surface area (Å²) >= 11 is 5.33. The van der Waals surface area contributed by atoms with Crippen molar-refractivity contribution in [1.29, 1.82) is 0 Å². The quantitative estimate of drug-likeness (QED) is 0.375. The van der Waals surface area contributed by atoms with Crippen LogP contribution in [-0.2, 0) is 9.59 Å². The Morgan fingerprint density at radius 2 is 1.73 bits per heavy atom. The van der Waals surface area contributed by atoms with Gasteiger partial charge in [0.25, 0.3) is 0 Å². The molecular formula is C8H15ClN2O4. The number of amides is 2. The summed E-state index contributed by atoms with van der Waals surface area (Å²) in [6.45, 7) is -0.261. The highest BCUT2D eigenvalue weighted by molar-refractivity contribution is 6.35. The predicted octanol–water partition coefficient (Wildman–Crippen LogP) is -1.85. The fourth-order valence-corrected chi connectivity index (χ4v) is 1.03. The Labute approximate surface area is 92.8 Å². The second kappa shape index (κ2) is 8.46. The first-order chi connectivity index (χ1) is 7.17. The molecule has 0 aliphatic heterocycles. The molecule has 0 aromatic heterocycles. The van der Waals surface area contributed by atoms with Gasteiger partial charge < -0.3 is 20.4 Å². The van der Waals surface area contributed by atoms with Crippen LogP contribution in [0, 0.1) is 0 Å². The lowest BCUT2D eigenvalue weighted by atomic mass is 10.4. The van der Waals surface area contributed by atoms with E-state index in [2.05, 4.69) is 5.32 Å². The van der Waals surface area contributed by atoms with Crippen molar-refractivity contribution in [3.63, 3.8) is 0 Å². The van der Waals surface area contributed by atoms with Crippen molar-refractivity contribution in [1.82, 2.24) is 10.2 Å². The average molecular weight is 239 g/mol. The Bertz CT molecular complexity index is 207. The average Bonchev–Trinajstić information content (AvgIpc) is 2.24. The minimum absolute atomic E-state index is 0.0215. The van der Waals surface area contributed by atoms with Crippen molar-refractivity contribution in [3.05, 3.63) is 0 Å². The molecule has 0 bridgehead atoms. The molecule has 0 saturated carbocycles. The molecule has 88 valence electrons. The van der Waals surface area contributed by atoms with Gasteiger partial charge in [0.15, 0.2) is 0 Å². The van der Waals surface area contributed by atoms with Gasteiger partial charge in [-0.2, -0.15) is 0 Å². The lowest BCUT2D eigenvalue weighted by molar-refractivity contribution is -0.146. The third-order valence-electron chi connectivity index (χ3n) is 1.60. The van der Waals surface area contributed by atoms with Crippen LogP contribution >= 0.6 is 11.6 Å². The van der Waals surface area contributed by atoms with E-state index in [0.717, 1.165) is 4.90 Å². The van der Waals surface area contributed by atoms with E-state index in [1.165, 1.54) is 0 Å². The molecule has 2 amide bonds. The van der Waals surface area contributed by atoms with E-state index in [1.807, 2.05) is 0 Å². The normalized spacial score (nSPS) is 9.80. The van der Waals surface area contributed by atoms with Gasteiger partial charge in [-0.15, -0.1) is 11.6 Å². The molecule has 6 nitrogen and oxygen atoms in total. The van der Waals surface area contributed by atoms with Crippen LogP contribution in [0.15, 0.2) is 0 Å². The van der Waals surface area contributed by atoms with Gasteiger partial charge in [0, 0.05) is 25.5 Å². The first-order valence-electron chi connectivity index (χ1n) is 4.52. The molecule has 0 heterocycles. The predicted molar refractivity (Wildman–Crippen MR) is 54.5 cm³/mol. The maximum absolute atomic E-state index is 11.4. The minimum Gasteiger partial charge on any atom is -0.395 e. The lowest BCUT2D eigenvalue weighted by Gasteiger charge is -2.19. The van der Waals surface area contributed by atoms with Crippen molar-refractivity contribution >= 4 is 23.4 Å². The molecule has 0 rings (SSSR count). The van der Waals surface area contributed by atoms with Crippen LogP contribution in [0.1, 0.15) is 0 Å². The number of alkyl halides is 1. The highest BCUT2D eigenvalue weighted by Crippen LogP contribution is 1.89. The van der Waals surface area contributed by atoms with Crippen LogP contribution in [0.25, 0.3) is 0 Å². The fourth-order valence-electron chi connectivity index (χ4n) is 0.936. The van der Waals surface area contributed by atoms with Crippen LogP contribution < -0.4 is 5.32 Å². The van der Waals surface area contributed by atoms with Gasteiger partial charge in [-0.05, 0) is 0 Å². The molecule has 0 aliphatic rings. The number of aliphatic hydroxyl groups is 2. The van der Waals surface area contributed by atoms with Gasteiger partial charge >= 0.3 is 11.8 Å². The van der Waals surface area contributed by atoms with E-state index >= 15 is 0 Å². The minimum atomic E-state index is -0.780. The van der Waals surface area contributed by atoms with Crippen molar-refractivity contribution < 1.29 is 19.8 Å². The third kappa shape index (κ3) is 5.56. The maximum Gasteiger partial charge on any atom is 0.312 e. The van der Waals surface area contributed by atoms with Crippen LogP contribution in [0.5, 0.6) is 0 Å². The molecule has 0 fully saturated rings. The smallest absolute Gasteiger partial charge is 0.312 e. The summed E-state index contributed by atoms with van der Waals surface area (Å²) in [4.78, 5) is 23.6. The molecule has 0 saturated heterocycles. The van der Waals surface area contributed by atoms with Crippen LogP contribution in [0.3, 0.4) is 0 Å². The molecule has 0 aromatic rings. The standard InChI is InChI=1S/C8H15ClN2O4/c9-1-2-10-7(14)8(15)11(3-5-12)4-6-13/h12-13H,1-6H2,(H,10,14). The summed E-state index contributed by atoms with van der Waals surface area (Å²) in [5.41, 5.74) is 0. The molecule has 7 heteroatoms. The maximum atomic E-state index is 11.4. The van der Waals surface area contributed by atoms with Gasteiger partial charge in [-0.25, -0.2) is 0 Å². The van der Waals surface area contributed by atoms with E-state index in [4.69, 9.17) is 21.8 Å². The van der Waals surface area contributed by atoms with Crippen LogP contribution in [-0.4, -0.2) is 65.7 Å². The number of halogens is 1. The highest BCUT2D eigenvalue weighted by Gasteiger charge is 2.20. The molecule has 0 aliphatic carbocycles. The molecule has 0 radical (unpaired) electrons. The fraction of sp³-hybridized carbons (Fsp3) is 0.750. The second-order valence-electron chi connectivity index (χ2n) is 2.68. The second-order valence-corrected chi connectivity index (χ2v) is 3.06. The Kier molecular flexibility index (Phi) is 7.98. The van der Waals surface area contributed by atoms with Gasteiger partial charge in [-0.1, -0.05) is 0 Å². The van der Waals surface area contributed by atoms with E-state index in [-0.39, 0.29) is 38.7 Å². The Morgan fingerprint density at radius 3 is 2.13 bits per heavy atom. The van der Waals surface area contributed by atoms with E-state index in [9.17, 15) is 9.59 Å². The SMILES string of the molecule is O=C(NCCCl)C(=O)N(CCO)CCO. The Balaban J connectivity index is 4.15. The monoisotopic (exact) mass is 238 g/mol. The van der Waals surface area contributed by atoms with Crippen molar-refractivity contribution in [2.45, 2.75) is 0 Å². The van der Waals surface area contributed by atoms with E-state index in [0.29, 0.717) is 0 Å². The summed E-state index contributed by atoms with van der Waals surface area (Å²) in [6.07, 6.45) is 0. The summed E-state index contributed by atoms with van der Waals surface area (Å²) in [7, 11) is 0. The number of rotatable bonds is 6. The third-order valence-corrected chi connectivity index (χ3v) is 1.79. The number of carbonyl (C=O) groups excluding carboxylic acids is 2. The van der Waals surface area contributed by atoms with Crippen molar-refractivity contribution in [2.24, 2.45) is 0 Å². The zero-order valence-corrected chi connectivity index (χ0v) is 9.03. The number of hydrogen-bond acceptors (Lipinski definition) is 4. The summed E-state index contributed by atoms with van der Waals surface area (Å²) < 4.78 is 0. The number of nitrogens with one attached hydrogen (secondary N) is 1. The first-order valence-corrected chi connectivity index (χ1v) is 5.05. The largest absolute Gasteiger partial charge is 0.395 e. The number of hydrogen-bond donors (Lipinski definition) is 3. The van der Waals surface area contributed by atoms with Crippen molar-refractivity contribution in [2.75, 3.05) is 38.7 Å². The lowest BCUT2D eigenvalue weighted by Crippen LogP contribution is -2.45. The van der Waals surface area contributed by atoms with Crippen molar-refractivity contribution in [3.8, 4) is 0 Å². The van der Waals surface area contributed by atoms with E-state index < -0.39 is 11.8 Å². The first kappa shape index (κ1) is 14.2. The molecule has 3 N–H and O–H groups in total. The number of nitrogens with zero attached hydrogens (tertiary/aromatic N) is 1. The summed E-state index contributed by atoms with van der Waals surface area (Å²) in [5.74, 6) is -1.33. The molecule has 0 unspecified atom stereocenters. The zero-order valence-electron chi connectivity index (χ0n) is 8.28.